The molecule has 2 heterocycles. The third kappa shape index (κ3) is 2.13. The van der Waals surface area contributed by atoms with Gasteiger partial charge in [0.15, 0.2) is 5.78 Å². The van der Waals surface area contributed by atoms with Gasteiger partial charge in [0.1, 0.15) is 0 Å². The third-order valence-electron chi connectivity index (χ3n) is 1.81. The summed E-state index contributed by atoms with van der Waals surface area (Å²) in [5.41, 5.74) is 0. The molecule has 2 aromatic heterocycles. The zero-order valence-electron chi connectivity index (χ0n) is 7.20. The molecule has 72 valence electrons. The average Bonchev–Trinajstić information content (AvgIpc) is 2.77. The highest BCUT2D eigenvalue weighted by molar-refractivity contribution is 9.10. The summed E-state index contributed by atoms with van der Waals surface area (Å²) in [4.78, 5) is 13.7. The Morgan fingerprint density at radius 1 is 1.29 bits per heavy atom. The number of hydrogen-bond acceptors (Lipinski definition) is 3. The highest BCUT2D eigenvalue weighted by atomic mass is 79.9. The number of carbonyl (C=O) groups excluding carboxylic acids is 1. The summed E-state index contributed by atoms with van der Waals surface area (Å²) in [5.74, 6) is 0.197. The first-order chi connectivity index (χ1) is 6.77. The van der Waals surface area contributed by atoms with Crippen molar-refractivity contribution in [1.29, 1.82) is 0 Å². The van der Waals surface area contributed by atoms with Gasteiger partial charge in [-0.15, -0.1) is 22.7 Å². The molecule has 0 aliphatic rings. The Bertz CT molecular complexity index is 431. The molecular weight excluding hydrogens is 280 g/mol. The molecular formula is C10H7BrOS2. The lowest BCUT2D eigenvalue weighted by Gasteiger charge is -1.95. The molecule has 0 aliphatic carbocycles. The molecule has 0 bridgehead atoms. The van der Waals surface area contributed by atoms with Crippen molar-refractivity contribution in [2.45, 2.75) is 6.42 Å². The van der Waals surface area contributed by atoms with Gasteiger partial charge >= 0.3 is 0 Å². The van der Waals surface area contributed by atoms with Crippen LogP contribution in [-0.4, -0.2) is 5.78 Å². The number of carbonyl (C=O) groups is 1. The first-order valence-corrected chi connectivity index (χ1v) is 6.61. The average molecular weight is 287 g/mol. The van der Waals surface area contributed by atoms with E-state index in [9.17, 15) is 4.79 Å². The van der Waals surface area contributed by atoms with Gasteiger partial charge in [-0.1, -0.05) is 6.07 Å². The van der Waals surface area contributed by atoms with Crippen molar-refractivity contribution < 1.29 is 4.79 Å². The molecule has 2 rings (SSSR count). The fourth-order valence-corrected chi connectivity index (χ4v) is 3.28. The molecule has 0 aliphatic heterocycles. The van der Waals surface area contributed by atoms with Crippen LogP contribution in [0.4, 0.5) is 0 Å². The van der Waals surface area contributed by atoms with E-state index < -0.39 is 0 Å². The zero-order chi connectivity index (χ0) is 9.97. The van der Waals surface area contributed by atoms with Gasteiger partial charge in [0.2, 0.25) is 0 Å². The van der Waals surface area contributed by atoms with E-state index in [0.29, 0.717) is 6.42 Å². The SMILES string of the molecule is O=C(Cc1sccc1Br)c1cccs1. The largest absolute Gasteiger partial charge is 0.293 e. The summed E-state index contributed by atoms with van der Waals surface area (Å²) in [6.45, 7) is 0. The first-order valence-electron chi connectivity index (χ1n) is 4.06. The van der Waals surface area contributed by atoms with E-state index in [4.69, 9.17) is 0 Å². The Hall–Kier alpha value is -0.450. The fourth-order valence-electron chi connectivity index (χ4n) is 1.12. The molecule has 0 fully saturated rings. The van der Waals surface area contributed by atoms with E-state index >= 15 is 0 Å². The Morgan fingerprint density at radius 2 is 2.14 bits per heavy atom. The number of Topliss-reactive ketones (excluding diaryl/α,β-unsaturated/α-hetero) is 1. The molecule has 14 heavy (non-hydrogen) atoms. The summed E-state index contributed by atoms with van der Waals surface area (Å²) < 4.78 is 1.03. The minimum atomic E-state index is 0.197. The van der Waals surface area contributed by atoms with Gasteiger partial charge < -0.3 is 0 Å². The van der Waals surface area contributed by atoms with Crippen molar-refractivity contribution in [1.82, 2.24) is 0 Å². The molecule has 0 radical (unpaired) electrons. The molecule has 0 unspecified atom stereocenters. The third-order valence-corrected chi connectivity index (χ3v) is 4.65. The maximum absolute atomic E-state index is 11.7. The quantitative estimate of drug-likeness (QED) is 0.780. The number of hydrogen-bond donors (Lipinski definition) is 0. The van der Waals surface area contributed by atoms with Crippen molar-refractivity contribution in [3.63, 3.8) is 0 Å². The molecule has 0 atom stereocenters. The van der Waals surface area contributed by atoms with Gasteiger partial charge in [0, 0.05) is 15.8 Å². The zero-order valence-corrected chi connectivity index (χ0v) is 10.4. The standard InChI is InChI=1S/C10H7BrOS2/c11-7-3-5-14-10(7)6-8(12)9-2-1-4-13-9/h1-5H,6H2. The van der Waals surface area contributed by atoms with Crippen molar-refractivity contribution in [2.75, 3.05) is 0 Å². The van der Waals surface area contributed by atoms with Crippen LogP contribution >= 0.6 is 38.6 Å². The Labute approximate surface area is 98.5 Å². The maximum Gasteiger partial charge on any atom is 0.178 e. The van der Waals surface area contributed by atoms with E-state index in [-0.39, 0.29) is 5.78 Å². The van der Waals surface area contributed by atoms with Crippen LogP contribution in [0, 0.1) is 0 Å². The number of halogens is 1. The number of rotatable bonds is 3. The van der Waals surface area contributed by atoms with Crippen LogP contribution < -0.4 is 0 Å². The Morgan fingerprint density at radius 3 is 2.71 bits per heavy atom. The van der Waals surface area contributed by atoms with E-state index in [1.54, 1.807) is 11.3 Å². The molecule has 0 spiro atoms. The monoisotopic (exact) mass is 286 g/mol. The highest BCUT2D eigenvalue weighted by Gasteiger charge is 2.10. The van der Waals surface area contributed by atoms with Crippen LogP contribution in [0.25, 0.3) is 0 Å². The van der Waals surface area contributed by atoms with Gasteiger partial charge in [0.05, 0.1) is 4.88 Å². The van der Waals surface area contributed by atoms with Gasteiger partial charge in [-0.3, -0.25) is 4.79 Å². The van der Waals surface area contributed by atoms with Crippen molar-refractivity contribution in [2.24, 2.45) is 0 Å². The summed E-state index contributed by atoms with van der Waals surface area (Å²) in [7, 11) is 0. The van der Waals surface area contributed by atoms with Crippen molar-refractivity contribution in [3.8, 4) is 0 Å². The van der Waals surface area contributed by atoms with Gasteiger partial charge in [-0.2, -0.15) is 0 Å². The highest BCUT2D eigenvalue weighted by Crippen LogP contribution is 2.24. The van der Waals surface area contributed by atoms with E-state index in [1.165, 1.54) is 11.3 Å². The Balaban J connectivity index is 2.13. The second-order valence-corrected chi connectivity index (χ2v) is 5.57. The topological polar surface area (TPSA) is 17.1 Å². The van der Waals surface area contributed by atoms with Crippen LogP contribution in [0.15, 0.2) is 33.4 Å². The summed E-state index contributed by atoms with van der Waals surface area (Å²) >= 11 is 6.53. The van der Waals surface area contributed by atoms with Crippen LogP contribution in [-0.2, 0) is 6.42 Å². The maximum atomic E-state index is 11.7. The lowest BCUT2D eigenvalue weighted by atomic mass is 10.2. The normalized spacial score (nSPS) is 10.4. The molecule has 0 amide bonds. The van der Waals surface area contributed by atoms with Crippen LogP contribution in [0.3, 0.4) is 0 Å². The van der Waals surface area contributed by atoms with Crippen LogP contribution in [0.5, 0.6) is 0 Å². The predicted molar refractivity (Wildman–Crippen MR) is 64.4 cm³/mol. The lowest BCUT2D eigenvalue weighted by Crippen LogP contribution is -1.99. The van der Waals surface area contributed by atoms with Crippen LogP contribution in [0.1, 0.15) is 14.5 Å². The minimum Gasteiger partial charge on any atom is -0.293 e. The van der Waals surface area contributed by atoms with Crippen molar-refractivity contribution in [3.05, 3.63) is 43.2 Å². The summed E-state index contributed by atoms with van der Waals surface area (Å²) in [6, 6.07) is 5.75. The van der Waals surface area contributed by atoms with Crippen LogP contribution in [0.2, 0.25) is 0 Å². The lowest BCUT2D eigenvalue weighted by molar-refractivity contribution is 0.0997. The second kappa shape index (κ2) is 4.38. The number of ketones is 1. The smallest absolute Gasteiger partial charge is 0.178 e. The minimum absolute atomic E-state index is 0.197. The molecule has 4 heteroatoms. The van der Waals surface area contributed by atoms with Gasteiger partial charge in [0.25, 0.3) is 0 Å². The molecule has 0 N–H and O–H groups in total. The second-order valence-electron chi connectivity index (χ2n) is 2.77. The van der Waals surface area contributed by atoms with E-state index in [2.05, 4.69) is 15.9 Å². The van der Waals surface area contributed by atoms with Gasteiger partial charge in [-0.05, 0) is 38.8 Å². The van der Waals surface area contributed by atoms with E-state index in [0.717, 1.165) is 14.2 Å². The molecule has 0 saturated heterocycles. The fraction of sp³-hybridized carbons (Fsp3) is 0.100. The molecule has 0 saturated carbocycles. The predicted octanol–water partition coefficient (Wildman–Crippen LogP) is 4.00. The summed E-state index contributed by atoms with van der Waals surface area (Å²) in [5, 5.41) is 3.91. The van der Waals surface area contributed by atoms with E-state index in [1.807, 2.05) is 29.0 Å². The molecule has 1 nitrogen and oxygen atoms in total. The molecule has 0 aromatic carbocycles. The van der Waals surface area contributed by atoms with Crippen molar-refractivity contribution >= 4 is 44.4 Å². The first kappa shape index (κ1) is 10.1. The number of thiophene rings is 2. The Kier molecular flexibility index (Phi) is 3.15. The molecule has 2 aromatic rings. The summed E-state index contributed by atoms with van der Waals surface area (Å²) in [6.07, 6.45) is 0.499. The van der Waals surface area contributed by atoms with Gasteiger partial charge in [-0.25, -0.2) is 0 Å².